The van der Waals surface area contributed by atoms with E-state index in [0.717, 1.165) is 5.69 Å². The molecule has 1 unspecified atom stereocenters. The number of hydrogen-bond acceptors (Lipinski definition) is 3. The fourth-order valence-electron chi connectivity index (χ4n) is 1.84. The Balaban J connectivity index is 2.58. The van der Waals surface area contributed by atoms with Gasteiger partial charge in [0.1, 0.15) is 29.5 Å². The van der Waals surface area contributed by atoms with Crippen molar-refractivity contribution in [2.24, 2.45) is 0 Å². The van der Waals surface area contributed by atoms with Crippen LogP contribution in [0, 0.1) is 0 Å². The molecule has 0 fully saturated rings. The average Bonchev–Trinajstić information content (AvgIpc) is 2.55. The zero-order chi connectivity index (χ0) is 11.2. The van der Waals surface area contributed by atoms with Gasteiger partial charge in [-0.2, -0.15) is 0 Å². The lowest BCUT2D eigenvalue weighted by Gasteiger charge is -2.29. The second-order valence-corrected chi connectivity index (χ2v) is 4.48. The summed E-state index contributed by atoms with van der Waals surface area (Å²) >= 11 is 0. The number of fused-ring (bicyclic) bond motifs is 1. The molecule has 0 aromatic carbocycles. The van der Waals surface area contributed by atoms with Crippen LogP contribution in [-0.2, 0) is 10.3 Å². The summed E-state index contributed by atoms with van der Waals surface area (Å²) in [6.45, 7) is 9.89. The molecule has 2 rings (SSSR count). The highest BCUT2D eigenvalue weighted by atomic mass is 16.5. The molecular weight excluding hydrogens is 192 g/mol. The van der Waals surface area contributed by atoms with E-state index in [4.69, 9.17) is 4.74 Å². The van der Waals surface area contributed by atoms with Gasteiger partial charge in [-0.15, -0.1) is 0 Å². The van der Waals surface area contributed by atoms with Crippen LogP contribution in [0.1, 0.15) is 38.3 Å². The van der Waals surface area contributed by atoms with E-state index in [2.05, 4.69) is 11.6 Å². The summed E-state index contributed by atoms with van der Waals surface area (Å²) in [7, 11) is 0. The molecule has 4 heteroatoms. The third-order valence-corrected chi connectivity index (χ3v) is 2.57. The second kappa shape index (κ2) is 3.10. The number of aliphatic hydroxyl groups is 1. The molecule has 82 valence electrons. The van der Waals surface area contributed by atoms with Crippen LogP contribution in [0.4, 0.5) is 0 Å². The van der Waals surface area contributed by atoms with Crippen molar-refractivity contribution in [2.75, 3.05) is 6.61 Å². The maximum Gasteiger partial charge on any atom is 0.141 e. The predicted molar refractivity (Wildman–Crippen MR) is 57.2 cm³/mol. The summed E-state index contributed by atoms with van der Waals surface area (Å²) in [6, 6.07) is 0.175. The van der Waals surface area contributed by atoms with Crippen molar-refractivity contribution in [1.82, 2.24) is 9.55 Å². The van der Waals surface area contributed by atoms with Crippen LogP contribution in [0.25, 0.3) is 5.76 Å². The van der Waals surface area contributed by atoms with E-state index in [1.165, 1.54) is 0 Å². The zero-order valence-corrected chi connectivity index (χ0v) is 9.32. The highest BCUT2D eigenvalue weighted by Gasteiger charge is 2.30. The standard InChI is InChI=1S/C11H16N2O2/c1-7-6-15-8(2)9-5-12-10(13(7)9)11(3,4)14/h5,7,14H,2,6H2,1,3-4H3. The van der Waals surface area contributed by atoms with Crippen molar-refractivity contribution >= 4 is 5.76 Å². The van der Waals surface area contributed by atoms with E-state index in [9.17, 15) is 5.11 Å². The van der Waals surface area contributed by atoms with Gasteiger partial charge in [-0.1, -0.05) is 6.58 Å². The Labute approximate surface area is 89.2 Å². The van der Waals surface area contributed by atoms with E-state index in [1.54, 1.807) is 20.0 Å². The van der Waals surface area contributed by atoms with E-state index in [-0.39, 0.29) is 6.04 Å². The minimum Gasteiger partial charge on any atom is -0.490 e. The monoisotopic (exact) mass is 208 g/mol. The van der Waals surface area contributed by atoms with Crippen molar-refractivity contribution in [3.63, 3.8) is 0 Å². The fraction of sp³-hybridized carbons (Fsp3) is 0.545. The molecule has 1 aromatic heterocycles. The van der Waals surface area contributed by atoms with Crippen molar-refractivity contribution in [3.8, 4) is 0 Å². The highest BCUT2D eigenvalue weighted by Crippen LogP contribution is 2.31. The number of nitrogens with zero attached hydrogens (tertiary/aromatic N) is 2. The number of imidazole rings is 1. The van der Waals surface area contributed by atoms with Gasteiger partial charge in [0.15, 0.2) is 0 Å². The number of aromatic nitrogens is 2. The van der Waals surface area contributed by atoms with Crippen LogP contribution in [0.15, 0.2) is 12.8 Å². The normalized spacial score (nSPS) is 21.1. The third-order valence-electron chi connectivity index (χ3n) is 2.57. The Kier molecular flexibility index (Phi) is 2.12. The minimum absolute atomic E-state index is 0.175. The Morgan fingerprint density at radius 1 is 1.67 bits per heavy atom. The lowest BCUT2D eigenvalue weighted by molar-refractivity contribution is 0.0594. The van der Waals surface area contributed by atoms with Crippen LogP contribution in [0.5, 0.6) is 0 Å². The topological polar surface area (TPSA) is 47.3 Å². The molecule has 0 saturated carbocycles. The van der Waals surface area contributed by atoms with E-state index < -0.39 is 5.60 Å². The summed E-state index contributed by atoms with van der Waals surface area (Å²) in [5.41, 5.74) is -0.0877. The first-order valence-corrected chi connectivity index (χ1v) is 5.03. The van der Waals surface area contributed by atoms with Gasteiger partial charge in [-0.25, -0.2) is 4.98 Å². The van der Waals surface area contributed by atoms with Gasteiger partial charge < -0.3 is 14.4 Å². The molecule has 0 saturated heterocycles. The molecular formula is C11H16N2O2. The van der Waals surface area contributed by atoms with Gasteiger partial charge in [0.05, 0.1) is 12.2 Å². The SMILES string of the molecule is C=C1OCC(C)n2c1cnc2C(C)(C)O. The average molecular weight is 208 g/mol. The highest BCUT2D eigenvalue weighted by molar-refractivity contribution is 5.55. The van der Waals surface area contributed by atoms with E-state index >= 15 is 0 Å². The summed E-state index contributed by atoms with van der Waals surface area (Å²) in [6.07, 6.45) is 1.70. The molecule has 4 nitrogen and oxygen atoms in total. The fourth-order valence-corrected chi connectivity index (χ4v) is 1.84. The zero-order valence-electron chi connectivity index (χ0n) is 9.32. The van der Waals surface area contributed by atoms with Crippen LogP contribution in [0.2, 0.25) is 0 Å². The van der Waals surface area contributed by atoms with Gasteiger partial charge in [0.2, 0.25) is 0 Å². The molecule has 0 amide bonds. The van der Waals surface area contributed by atoms with Gasteiger partial charge in [-0.05, 0) is 20.8 Å². The Morgan fingerprint density at radius 3 is 2.93 bits per heavy atom. The smallest absolute Gasteiger partial charge is 0.141 e. The third kappa shape index (κ3) is 1.55. The van der Waals surface area contributed by atoms with Crippen LogP contribution in [0.3, 0.4) is 0 Å². The summed E-state index contributed by atoms with van der Waals surface area (Å²) in [5, 5.41) is 9.98. The Hall–Kier alpha value is -1.29. The second-order valence-electron chi connectivity index (χ2n) is 4.48. The summed E-state index contributed by atoms with van der Waals surface area (Å²) in [5.74, 6) is 1.28. The first-order chi connectivity index (χ1) is 6.91. The number of ether oxygens (including phenoxy) is 1. The van der Waals surface area contributed by atoms with Gasteiger partial charge >= 0.3 is 0 Å². The van der Waals surface area contributed by atoms with Gasteiger partial charge in [0, 0.05) is 0 Å². The minimum atomic E-state index is -0.940. The molecule has 1 aromatic rings. The molecule has 1 aliphatic rings. The summed E-state index contributed by atoms with van der Waals surface area (Å²) in [4.78, 5) is 4.24. The molecule has 1 atom stereocenters. The largest absolute Gasteiger partial charge is 0.490 e. The lowest BCUT2D eigenvalue weighted by atomic mass is 10.1. The molecule has 2 heterocycles. The Bertz CT molecular complexity index is 401. The number of rotatable bonds is 1. The molecule has 15 heavy (non-hydrogen) atoms. The molecule has 0 radical (unpaired) electrons. The molecule has 0 bridgehead atoms. The Morgan fingerprint density at radius 2 is 2.33 bits per heavy atom. The number of hydrogen-bond donors (Lipinski definition) is 1. The molecule has 0 spiro atoms. The van der Waals surface area contributed by atoms with Crippen LogP contribution >= 0.6 is 0 Å². The molecule has 1 aliphatic heterocycles. The van der Waals surface area contributed by atoms with Crippen molar-refractivity contribution in [1.29, 1.82) is 0 Å². The van der Waals surface area contributed by atoms with Gasteiger partial charge in [0.25, 0.3) is 0 Å². The van der Waals surface area contributed by atoms with E-state index in [1.807, 2.05) is 11.5 Å². The van der Waals surface area contributed by atoms with Crippen LogP contribution < -0.4 is 0 Å². The maximum atomic E-state index is 9.98. The lowest BCUT2D eigenvalue weighted by Crippen LogP contribution is -2.28. The quantitative estimate of drug-likeness (QED) is 0.763. The first-order valence-electron chi connectivity index (χ1n) is 5.03. The van der Waals surface area contributed by atoms with Crippen molar-refractivity contribution in [3.05, 3.63) is 24.3 Å². The van der Waals surface area contributed by atoms with Crippen molar-refractivity contribution < 1.29 is 9.84 Å². The first kappa shape index (κ1) is 10.2. The summed E-state index contributed by atoms with van der Waals surface area (Å²) < 4.78 is 7.40. The van der Waals surface area contributed by atoms with Crippen molar-refractivity contribution in [2.45, 2.75) is 32.4 Å². The van der Waals surface area contributed by atoms with Crippen LogP contribution in [-0.4, -0.2) is 21.3 Å². The maximum absolute atomic E-state index is 9.98. The molecule has 1 N–H and O–H groups in total. The van der Waals surface area contributed by atoms with Gasteiger partial charge in [-0.3, -0.25) is 0 Å². The van der Waals surface area contributed by atoms with E-state index in [0.29, 0.717) is 18.2 Å². The molecule has 0 aliphatic carbocycles. The predicted octanol–water partition coefficient (Wildman–Crippen LogP) is 1.67.